The third-order valence-electron chi connectivity index (χ3n) is 5.35. The average molecular weight is 390 g/mol. The van der Waals surface area contributed by atoms with Crippen molar-refractivity contribution < 1.29 is 0 Å². The molecule has 0 N–H and O–H groups in total. The van der Waals surface area contributed by atoms with E-state index in [9.17, 15) is 0 Å². The maximum absolute atomic E-state index is 4.97. The van der Waals surface area contributed by atoms with Gasteiger partial charge in [-0.15, -0.1) is 5.10 Å². The molecule has 0 aliphatic rings. The molecule has 0 aliphatic carbocycles. The summed E-state index contributed by atoms with van der Waals surface area (Å²) < 4.78 is 1.88. The van der Waals surface area contributed by atoms with Gasteiger partial charge in [0, 0.05) is 17.5 Å². The van der Waals surface area contributed by atoms with Crippen LogP contribution in [0.2, 0.25) is 0 Å². The summed E-state index contributed by atoms with van der Waals surface area (Å²) in [6.45, 7) is 4.19. The predicted octanol–water partition coefficient (Wildman–Crippen LogP) is 5.67. The zero-order chi connectivity index (χ0) is 20.5. The van der Waals surface area contributed by atoms with Crippen LogP contribution in [0, 0.1) is 13.8 Å². The summed E-state index contributed by atoms with van der Waals surface area (Å²) in [6, 6.07) is 29.3. The van der Waals surface area contributed by atoms with Crippen LogP contribution >= 0.6 is 0 Å². The first-order valence-electron chi connectivity index (χ1n) is 10.1. The van der Waals surface area contributed by atoms with Gasteiger partial charge in [-0.05, 0) is 25.5 Å². The summed E-state index contributed by atoms with van der Waals surface area (Å²) in [4.78, 5) is 4.97. The molecular weight excluding hydrogens is 368 g/mol. The zero-order valence-corrected chi connectivity index (χ0v) is 17.1. The second-order valence-corrected chi connectivity index (χ2v) is 7.69. The largest absolute Gasteiger partial charge is 0.232 e. The molecule has 0 atom stereocenters. The highest BCUT2D eigenvalue weighted by Crippen LogP contribution is 2.27. The van der Waals surface area contributed by atoms with E-state index in [2.05, 4.69) is 90.9 Å². The Balaban J connectivity index is 1.69. The number of aromatic nitrogens is 4. The van der Waals surface area contributed by atoms with Gasteiger partial charge in [-0.2, -0.15) is 4.52 Å². The van der Waals surface area contributed by atoms with Gasteiger partial charge in [-0.25, -0.2) is 4.98 Å². The van der Waals surface area contributed by atoms with Gasteiger partial charge >= 0.3 is 0 Å². The first kappa shape index (κ1) is 18.3. The van der Waals surface area contributed by atoms with Crippen LogP contribution in [0.4, 0.5) is 0 Å². The molecule has 0 saturated heterocycles. The van der Waals surface area contributed by atoms with Crippen molar-refractivity contribution in [1.29, 1.82) is 0 Å². The van der Waals surface area contributed by atoms with Crippen molar-refractivity contribution in [1.82, 2.24) is 19.8 Å². The van der Waals surface area contributed by atoms with E-state index in [-0.39, 0.29) is 0 Å². The molecule has 3 aromatic carbocycles. The van der Waals surface area contributed by atoms with Crippen LogP contribution in [0.15, 0.2) is 84.9 Å². The molecule has 0 fully saturated rings. The van der Waals surface area contributed by atoms with Gasteiger partial charge in [0.05, 0.1) is 11.2 Å². The number of hydrogen-bond acceptors (Lipinski definition) is 3. The summed E-state index contributed by atoms with van der Waals surface area (Å²) in [6.07, 6.45) is 0.689. The van der Waals surface area contributed by atoms with Crippen LogP contribution in [0.5, 0.6) is 0 Å². The van der Waals surface area contributed by atoms with Crippen LogP contribution in [0.3, 0.4) is 0 Å². The molecule has 0 bridgehead atoms. The maximum Gasteiger partial charge on any atom is 0.137 e. The van der Waals surface area contributed by atoms with Gasteiger partial charge in [0.2, 0.25) is 0 Å². The fourth-order valence-electron chi connectivity index (χ4n) is 3.63. The lowest BCUT2D eigenvalue weighted by molar-refractivity contribution is 0.776. The fraction of sp³-hybridized carbons (Fsp3) is 0.115. The summed E-state index contributed by atoms with van der Waals surface area (Å²) in [5, 5.41) is 8.99. The summed E-state index contributed by atoms with van der Waals surface area (Å²) in [5.74, 6) is 0.876. The van der Waals surface area contributed by atoms with Gasteiger partial charge in [0.1, 0.15) is 11.5 Å². The first-order chi connectivity index (χ1) is 14.7. The van der Waals surface area contributed by atoms with E-state index in [4.69, 9.17) is 4.98 Å². The van der Waals surface area contributed by atoms with E-state index in [0.29, 0.717) is 6.42 Å². The molecule has 0 amide bonds. The van der Waals surface area contributed by atoms with Crippen molar-refractivity contribution in [2.45, 2.75) is 20.3 Å². The summed E-state index contributed by atoms with van der Waals surface area (Å²) in [5.41, 5.74) is 8.59. The highest BCUT2D eigenvalue weighted by molar-refractivity contribution is 5.79. The van der Waals surface area contributed by atoms with Gasteiger partial charge in [0.25, 0.3) is 0 Å². The van der Waals surface area contributed by atoms with Gasteiger partial charge in [-0.1, -0.05) is 95.2 Å². The minimum absolute atomic E-state index is 0.689. The first-order valence-corrected chi connectivity index (χ1v) is 10.1. The molecule has 0 radical (unpaired) electrons. The molecule has 4 heteroatoms. The van der Waals surface area contributed by atoms with Crippen LogP contribution in [-0.2, 0) is 6.42 Å². The van der Waals surface area contributed by atoms with Gasteiger partial charge in [0.15, 0.2) is 0 Å². The fourth-order valence-corrected chi connectivity index (χ4v) is 3.63. The van der Waals surface area contributed by atoms with Crippen LogP contribution in [0.1, 0.15) is 22.5 Å². The smallest absolute Gasteiger partial charge is 0.137 e. The normalized spacial score (nSPS) is 11.1. The number of hydrogen-bond donors (Lipinski definition) is 0. The molecule has 146 valence electrons. The molecule has 0 saturated carbocycles. The number of benzene rings is 3. The topological polar surface area (TPSA) is 43.1 Å². The molecule has 2 aromatic heterocycles. The zero-order valence-electron chi connectivity index (χ0n) is 17.1. The maximum atomic E-state index is 4.97. The highest BCUT2D eigenvalue weighted by Gasteiger charge is 2.15. The van der Waals surface area contributed by atoms with E-state index in [1.165, 1.54) is 16.7 Å². The van der Waals surface area contributed by atoms with E-state index >= 15 is 0 Å². The van der Waals surface area contributed by atoms with E-state index < -0.39 is 0 Å². The predicted molar refractivity (Wildman–Crippen MR) is 120 cm³/mol. The quantitative estimate of drug-likeness (QED) is 0.397. The van der Waals surface area contributed by atoms with E-state index in [1.54, 1.807) is 0 Å². The Kier molecular flexibility index (Phi) is 4.60. The molecule has 30 heavy (non-hydrogen) atoms. The Morgan fingerprint density at radius 1 is 0.733 bits per heavy atom. The second kappa shape index (κ2) is 7.56. The van der Waals surface area contributed by atoms with Gasteiger partial charge < -0.3 is 0 Å². The third-order valence-corrected chi connectivity index (χ3v) is 5.35. The Hall–Kier alpha value is -3.79. The molecular formula is C26H22N4. The molecule has 0 spiro atoms. The van der Waals surface area contributed by atoms with Crippen molar-refractivity contribution in [3.8, 4) is 22.5 Å². The SMILES string of the molecule is Cc1ccc(Cc2nc(-c3ccccc3)cc3c(-c4ccc(C)cc4)nnn23)cc1. The third kappa shape index (κ3) is 3.48. The van der Waals surface area contributed by atoms with Crippen molar-refractivity contribution >= 4 is 5.52 Å². The standard InChI is InChI=1S/C26H22N4/c1-18-8-12-20(13-9-18)16-25-27-23(21-6-4-3-5-7-21)17-24-26(28-29-30(24)25)22-14-10-19(2)11-15-22/h3-15,17H,16H2,1-2H3. The van der Waals surface area contributed by atoms with Crippen LogP contribution in [-0.4, -0.2) is 19.8 Å². The van der Waals surface area contributed by atoms with Gasteiger partial charge in [-0.3, -0.25) is 0 Å². The summed E-state index contributed by atoms with van der Waals surface area (Å²) in [7, 11) is 0. The number of nitrogens with zero attached hydrogens (tertiary/aromatic N) is 4. The summed E-state index contributed by atoms with van der Waals surface area (Å²) >= 11 is 0. The minimum Gasteiger partial charge on any atom is -0.232 e. The molecule has 5 aromatic rings. The molecule has 2 heterocycles. The molecule has 4 nitrogen and oxygen atoms in total. The average Bonchev–Trinajstić information content (AvgIpc) is 3.21. The molecule has 5 rings (SSSR count). The Morgan fingerprint density at radius 2 is 1.40 bits per heavy atom. The van der Waals surface area contributed by atoms with Crippen molar-refractivity contribution in [2.24, 2.45) is 0 Å². The molecule has 0 unspecified atom stereocenters. The van der Waals surface area contributed by atoms with Crippen molar-refractivity contribution in [3.05, 3.63) is 107 Å². The van der Waals surface area contributed by atoms with Crippen LogP contribution < -0.4 is 0 Å². The van der Waals surface area contributed by atoms with E-state index in [0.717, 1.165) is 33.9 Å². The highest BCUT2D eigenvalue weighted by atomic mass is 15.4. The number of aryl methyl sites for hydroxylation is 2. The second-order valence-electron chi connectivity index (χ2n) is 7.69. The van der Waals surface area contributed by atoms with E-state index in [1.807, 2.05) is 22.7 Å². The lowest BCUT2D eigenvalue weighted by Gasteiger charge is -2.09. The Bertz CT molecular complexity index is 1300. The van der Waals surface area contributed by atoms with Crippen molar-refractivity contribution in [3.63, 3.8) is 0 Å². The Labute approximate surface area is 175 Å². The lowest BCUT2D eigenvalue weighted by Crippen LogP contribution is -2.05. The lowest BCUT2D eigenvalue weighted by atomic mass is 10.1. The number of rotatable bonds is 4. The monoisotopic (exact) mass is 390 g/mol. The molecule has 0 aliphatic heterocycles. The number of fused-ring (bicyclic) bond motifs is 1. The van der Waals surface area contributed by atoms with Crippen LogP contribution in [0.25, 0.3) is 28.0 Å². The van der Waals surface area contributed by atoms with Crippen molar-refractivity contribution in [2.75, 3.05) is 0 Å². The minimum atomic E-state index is 0.689. The Morgan fingerprint density at radius 3 is 2.10 bits per heavy atom.